The van der Waals surface area contributed by atoms with Crippen LogP contribution in [0.3, 0.4) is 0 Å². The summed E-state index contributed by atoms with van der Waals surface area (Å²) in [7, 11) is 0. The minimum absolute atomic E-state index is 0.686. The van der Waals surface area contributed by atoms with Crippen molar-refractivity contribution in [1.82, 2.24) is 0 Å². The minimum atomic E-state index is 0.686. The molecule has 2 N–H and O–H groups in total. The van der Waals surface area contributed by atoms with Gasteiger partial charge < -0.3 is 5.73 Å². The van der Waals surface area contributed by atoms with Crippen LogP contribution in [0, 0.1) is 5.92 Å². The van der Waals surface area contributed by atoms with Crippen molar-refractivity contribution in [3.05, 3.63) is 28.2 Å². The number of anilines is 1. The lowest BCUT2D eigenvalue weighted by molar-refractivity contribution is 0.647. The molecular formula is C10H14BrN. The summed E-state index contributed by atoms with van der Waals surface area (Å²) in [6.45, 7) is 4.41. The van der Waals surface area contributed by atoms with Gasteiger partial charge in [0.2, 0.25) is 0 Å². The number of halogens is 1. The maximum Gasteiger partial charge on any atom is 0.0461 e. The van der Waals surface area contributed by atoms with E-state index in [0.29, 0.717) is 5.92 Å². The van der Waals surface area contributed by atoms with Crippen LogP contribution in [0.15, 0.2) is 22.7 Å². The van der Waals surface area contributed by atoms with Crippen LogP contribution in [0.25, 0.3) is 0 Å². The van der Waals surface area contributed by atoms with Crippen molar-refractivity contribution in [2.45, 2.75) is 20.3 Å². The van der Waals surface area contributed by atoms with Crippen molar-refractivity contribution < 1.29 is 0 Å². The zero-order chi connectivity index (χ0) is 9.14. The van der Waals surface area contributed by atoms with Crippen molar-refractivity contribution in [2.75, 3.05) is 5.73 Å². The molecule has 2 heteroatoms. The predicted octanol–water partition coefficient (Wildman–Crippen LogP) is 3.23. The van der Waals surface area contributed by atoms with Crippen LogP contribution in [0.4, 0.5) is 5.69 Å². The Labute approximate surface area is 82.1 Å². The van der Waals surface area contributed by atoms with E-state index >= 15 is 0 Å². The van der Waals surface area contributed by atoms with Gasteiger partial charge in [0.05, 0.1) is 0 Å². The lowest BCUT2D eigenvalue weighted by Crippen LogP contribution is -1.95. The van der Waals surface area contributed by atoms with Gasteiger partial charge in [-0.1, -0.05) is 19.9 Å². The molecule has 0 aliphatic heterocycles. The largest absolute Gasteiger partial charge is 0.398 e. The first-order valence-electron chi connectivity index (χ1n) is 4.13. The first-order chi connectivity index (χ1) is 5.59. The Hall–Kier alpha value is -0.500. The molecule has 0 aliphatic rings. The average molecular weight is 228 g/mol. The highest BCUT2D eigenvalue weighted by atomic mass is 79.9. The number of rotatable bonds is 2. The summed E-state index contributed by atoms with van der Waals surface area (Å²) < 4.78 is 0.981. The fourth-order valence-electron chi connectivity index (χ4n) is 1.19. The third-order valence-electron chi connectivity index (χ3n) is 1.70. The number of hydrogen-bond donors (Lipinski definition) is 1. The molecule has 1 rings (SSSR count). The van der Waals surface area contributed by atoms with Gasteiger partial charge in [0.25, 0.3) is 0 Å². The molecule has 66 valence electrons. The second-order valence-electron chi connectivity index (χ2n) is 3.45. The molecule has 1 aromatic carbocycles. The van der Waals surface area contributed by atoms with E-state index in [1.807, 2.05) is 12.1 Å². The van der Waals surface area contributed by atoms with Gasteiger partial charge in [0, 0.05) is 10.2 Å². The smallest absolute Gasteiger partial charge is 0.0461 e. The first-order valence-corrected chi connectivity index (χ1v) is 4.93. The van der Waals surface area contributed by atoms with Crippen molar-refractivity contribution >= 4 is 21.6 Å². The highest BCUT2D eigenvalue weighted by molar-refractivity contribution is 9.10. The molecule has 0 radical (unpaired) electrons. The second-order valence-corrected chi connectivity index (χ2v) is 4.31. The van der Waals surface area contributed by atoms with Gasteiger partial charge in [-0.3, -0.25) is 0 Å². The molecule has 0 bridgehead atoms. The van der Waals surface area contributed by atoms with Gasteiger partial charge in [-0.05, 0) is 46.0 Å². The molecule has 1 nitrogen and oxygen atoms in total. The highest BCUT2D eigenvalue weighted by Gasteiger charge is 2.00. The minimum Gasteiger partial charge on any atom is -0.398 e. The maximum atomic E-state index is 5.75. The Bertz CT molecular complexity index is 269. The summed E-state index contributed by atoms with van der Waals surface area (Å²) in [5.41, 5.74) is 7.89. The van der Waals surface area contributed by atoms with E-state index < -0.39 is 0 Å². The topological polar surface area (TPSA) is 26.0 Å². The molecule has 1 aromatic rings. The van der Waals surface area contributed by atoms with Crippen molar-refractivity contribution in [2.24, 2.45) is 5.92 Å². The Morgan fingerprint density at radius 1 is 1.42 bits per heavy atom. The Morgan fingerprint density at radius 3 is 2.58 bits per heavy atom. The molecular weight excluding hydrogens is 214 g/mol. The highest BCUT2D eigenvalue weighted by Crippen LogP contribution is 2.21. The number of benzene rings is 1. The number of nitrogens with two attached hydrogens (primary N) is 1. The van der Waals surface area contributed by atoms with Gasteiger partial charge in [-0.25, -0.2) is 0 Å². The summed E-state index contributed by atoms with van der Waals surface area (Å²) in [4.78, 5) is 0. The molecule has 0 spiro atoms. The van der Waals surface area contributed by atoms with E-state index in [1.54, 1.807) is 0 Å². The van der Waals surface area contributed by atoms with Gasteiger partial charge in [-0.2, -0.15) is 0 Å². The zero-order valence-electron chi connectivity index (χ0n) is 7.47. The van der Waals surface area contributed by atoms with E-state index in [1.165, 1.54) is 5.56 Å². The number of nitrogen functional groups attached to an aromatic ring is 1. The predicted molar refractivity (Wildman–Crippen MR) is 57.1 cm³/mol. The van der Waals surface area contributed by atoms with E-state index in [0.717, 1.165) is 16.6 Å². The normalized spacial score (nSPS) is 10.7. The molecule has 0 saturated heterocycles. The van der Waals surface area contributed by atoms with Crippen LogP contribution in [0.2, 0.25) is 0 Å². The van der Waals surface area contributed by atoms with Crippen molar-refractivity contribution in [3.8, 4) is 0 Å². The fraction of sp³-hybridized carbons (Fsp3) is 0.400. The molecule has 0 unspecified atom stereocenters. The van der Waals surface area contributed by atoms with Crippen LogP contribution < -0.4 is 5.73 Å². The Balaban J connectivity index is 2.82. The summed E-state index contributed by atoms with van der Waals surface area (Å²) >= 11 is 3.37. The van der Waals surface area contributed by atoms with Crippen LogP contribution in [0.5, 0.6) is 0 Å². The monoisotopic (exact) mass is 227 g/mol. The second kappa shape index (κ2) is 3.94. The van der Waals surface area contributed by atoms with E-state index in [9.17, 15) is 0 Å². The van der Waals surface area contributed by atoms with E-state index in [4.69, 9.17) is 5.73 Å². The fourth-order valence-corrected chi connectivity index (χ4v) is 1.44. The summed E-state index contributed by atoms with van der Waals surface area (Å²) in [5.74, 6) is 0.686. The maximum absolute atomic E-state index is 5.75. The van der Waals surface area contributed by atoms with Gasteiger partial charge in [0.15, 0.2) is 0 Å². The third-order valence-corrected chi connectivity index (χ3v) is 2.43. The molecule has 0 saturated carbocycles. The first kappa shape index (κ1) is 9.59. The lowest BCUT2D eigenvalue weighted by Gasteiger charge is -2.06. The summed E-state index contributed by atoms with van der Waals surface area (Å²) in [6, 6.07) is 6.15. The molecule has 0 aromatic heterocycles. The number of hydrogen-bond acceptors (Lipinski definition) is 1. The van der Waals surface area contributed by atoms with Crippen molar-refractivity contribution in [3.63, 3.8) is 0 Å². The quantitative estimate of drug-likeness (QED) is 0.772. The van der Waals surface area contributed by atoms with Gasteiger partial charge in [-0.15, -0.1) is 0 Å². The van der Waals surface area contributed by atoms with Gasteiger partial charge in [0.1, 0.15) is 0 Å². The molecule has 0 heterocycles. The zero-order valence-corrected chi connectivity index (χ0v) is 9.06. The molecule has 0 aliphatic carbocycles. The van der Waals surface area contributed by atoms with Crippen LogP contribution in [-0.2, 0) is 6.42 Å². The van der Waals surface area contributed by atoms with E-state index in [-0.39, 0.29) is 0 Å². The van der Waals surface area contributed by atoms with Crippen LogP contribution >= 0.6 is 15.9 Å². The van der Waals surface area contributed by atoms with Crippen LogP contribution in [0.1, 0.15) is 19.4 Å². The van der Waals surface area contributed by atoms with E-state index in [2.05, 4.69) is 35.8 Å². The summed E-state index contributed by atoms with van der Waals surface area (Å²) in [5, 5.41) is 0. The van der Waals surface area contributed by atoms with Gasteiger partial charge >= 0.3 is 0 Å². The Kier molecular flexibility index (Phi) is 3.15. The SMILES string of the molecule is CC(C)Cc1ccc(Br)c(N)c1. The van der Waals surface area contributed by atoms with Crippen LogP contribution in [-0.4, -0.2) is 0 Å². The third kappa shape index (κ3) is 2.52. The average Bonchev–Trinajstić information content (AvgIpc) is 1.96. The summed E-state index contributed by atoms with van der Waals surface area (Å²) in [6.07, 6.45) is 1.09. The molecule has 0 fully saturated rings. The molecule has 0 atom stereocenters. The molecule has 12 heavy (non-hydrogen) atoms. The standard InChI is InChI=1S/C10H14BrN/c1-7(2)5-8-3-4-9(11)10(12)6-8/h3-4,6-7H,5,12H2,1-2H3. The molecule has 0 amide bonds. The lowest BCUT2D eigenvalue weighted by atomic mass is 10.0. The Morgan fingerprint density at radius 2 is 2.08 bits per heavy atom. The van der Waals surface area contributed by atoms with Crippen molar-refractivity contribution in [1.29, 1.82) is 0 Å².